The maximum absolute atomic E-state index is 6.02. The van der Waals surface area contributed by atoms with Crippen LogP contribution in [0.1, 0.15) is 24.8 Å². The molecule has 0 bridgehead atoms. The van der Waals surface area contributed by atoms with Gasteiger partial charge in [0.1, 0.15) is 0 Å². The van der Waals surface area contributed by atoms with Gasteiger partial charge in [0.2, 0.25) is 0 Å². The molecule has 1 unspecified atom stereocenters. The molecule has 0 radical (unpaired) electrons. The Kier molecular flexibility index (Phi) is 3.64. The minimum Gasteiger partial charge on any atom is -0.372 e. The molecule has 0 amide bonds. The maximum Gasteiger partial charge on any atom is 0.0840 e. The number of rotatable bonds is 3. The highest BCUT2D eigenvalue weighted by atomic mass is 16.6. The molecule has 1 N–H and O–H groups in total. The summed E-state index contributed by atoms with van der Waals surface area (Å²) in [4.78, 5) is 0. The standard InChI is InChI=1S/C15H21NO2/c1-2-4-13(5-3-1)11-17-14-10-15(18-12-14)6-8-16-9-7-15/h1-5,14,16H,6-12H2. The highest BCUT2D eigenvalue weighted by Crippen LogP contribution is 2.35. The quantitative estimate of drug-likeness (QED) is 0.887. The molecule has 3 nitrogen and oxygen atoms in total. The van der Waals surface area contributed by atoms with Gasteiger partial charge < -0.3 is 14.8 Å². The number of piperidine rings is 1. The van der Waals surface area contributed by atoms with Gasteiger partial charge in [-0.1, -0.05) is 30.3 Å². The van der Waals surface area contributed by atoms with Crippen molar-refractivity contribution in [3.05, 3.63) is 35.9 Å². The van der Waals surface area contributed by atoms with Crippen LogP contribution >= 0.6 is 0 Å². The number of nitrogens with one attached hydrogen (secondary N) is 1. The van der Waals surface area contributed by atoms with Crippen molar-refractivity contribution in [2.24, 2.45) is 0 Å². The second-order valence-corrected chi connectivity index (χ2v) is 5.37. The highest BCUT2D eigenvalue weighted by molar-refractivity contribution is 5.13. The molecule has 0 aliphatic carbocycles. The largest absolute Gasteiger partial charge is 0.372 e. The van der Waals surface area contributed by atoms with Crippen LogP contribution in [0.25, 0.3) is 0 Å². The third-order valence-corrected chi connectivity index (χ3v) is 4.02. The first kappa shape index (κ1) is 12.2. The van der Waals surface area contributed by atoms with Crippen LogP contribution in [-0.4, -0.2) is 31.4 Å². The van der Waals surface area contributed by atoms with Gasteiger partial charge >= 0.3 is 0 Å². The summed E-state index contributed by atoms with van der Waals surface area (Å²) >= 11 is 0. The van der Waals surface area contributed by atoms with E-state index in [0.29, 0.717) is 6.61 Å². The van der Waals surface area contributed by atoms with E-state index >= 15 is 0 Å². The van der Waals surface area contributed by atoms with E-state index in [-0.39, 0.29) is 11.7 Å². The van der Waals surface area contributed by atoms with Crippen LogP contribution in [0, 0.1) is 0 Å². The SMILES string of the molecule is c1ccc(COC2COC3(CCNCC3)C2)cc1. The van der Waals surface area contributed by atoms with Gasteiger partial charge in [0.15, 0.2) is 0 Å². The minimum absolute atomic E-state index is 0.104. The van der Waals surface area contributed by atoms with Crippen molar-refractivity contribution in [2.75, 3.05) is 19.7 Å². The molecule has 1 atom stereocenters. The molecule has 2 heterocycles. The molecule has 3 heteroatoms. The van der Waals surface area contributed by atoms with Crippen molar-refractivity contribution < 1.29 is 9.47 Å². The van der Waals surface area contributed by atoms with E-state index in [1.807, 2.05) is 6.07 Å². The summed E-state index contributed by atoms with van der Waals surface area (Å²) in [6.07, 6.45) is 3.57. The van der Waals surface area contributed by atoms with Gasteiger partial charge in [0.05, 0.1) is 24.9 Å². The Labute approximate surface area is 108 Å². The summed E-state index contributed by atoms with van der Waals surface area (Å²) in [6, 6.07) is 10.4. The van der Waals surface area contributed by atoms with E-state index in [4.69, 9.17) is 9.47 Å². The summed E-state index contributed by atoms with van der Waals surface area (Å²) in [5.41, 5.74) is 1.34. The predicted molar refractivity (Wildman–Crippen MR) is 70.4 cm³/mol. The Hall–Kier alpha value is -0.900. The summed E-state index contributed by atoms with van der Waals surface area (Å²) < 4.78 is 12.0. The monoisotopic (exact) mass is 247 g/mol. The average Bonchev–Trinajstić information content (AvgIpc) is 2.82. The Morgan fingerprint density at radius 3 is 2.78 bits per heavy atom. The second-order valence-electron chi connectivity index (χ2n) is 5.37. The van der Waals surface area contributed by atoms with Gasteiger partial charge in [-0.25, -0.2) is 0 Å². The zero-order valence-corrected chi connectivity index (χ0v) is 10.7. The van der Waals surface area contributed by atoms with Gasteiger partial charge in [-0.15, -0.1) is 0 Å². The van der Waals surface area contributed by atoms with Crippen molar-refractivity contribution in [3.8, 4) is 0 Å². The molecule has 1 spiro atoms. The summed E-state index contributed by atoms with van der Waals surface area (Å²) in [6.45, 7) is 3.60. The predicted octanol–water partition coefficient (Wildman–Crippen LogP) is 2.11. The van der Waals surface area contributed by atoms with Gasteiger partial charge in [-0.05, 0) is 31.5 Å². The molecule has 98 valence electrons. The average molecular weight is 247 g/mol. The van der Waals surface area contributed by atoms with Crippen molar-refractivity contribution in [1.29, 1.82) is 0 Å². The smallest absolute Gasteiger partial charge is 0.0840 e. The fourth-order valence-electron chi connectivity index (χ4n) is 2.93. The van der Waals surface area contributed by atoms with Gasteiger partial charge in [0, 0.05) is 6.42 Å². The van der Waals surface area contributed by atoms with E-state index in [2.05, 4.69) is 29.6 Å². The van der Waals surface area contributed by atoms with Crippen molar-refractivity contribution in [1.82, 2.24) is 5.32 Å². The zero-order chi connectivity index (χ0) is 12.3. The van der Waals surface area contributed by atoms with E-state index in [1.54, 1.807) is 0 Å². The first-order chi connectivity index (χ1) is 8.86. The normalized spacial score (nSPS) is 26.6. The lowest BCUT2D eigenvalue weighted by Gasteiger charge is -2.32. The van der Waals surface area contributed by atoms with E-state index in [9.17, 15) is 0 Å². The van der Waals surface area contributed by atoms with Crippen molar-refractivity contribution in [2.45, 2.75) is 37.6 Å². The van der Waals surface area contributed by atoms with E-state index in [1.165, 1.54) is 5.56 Å². The lowest BCUT2D eigenvalue weighted by Crippen LogP contribution is -2.41. The molecule has 0 aromatic heterocycles. The summed E-state index contributed by atoms with van der Waals surface area (Å²) in [5, 5.41) is 3.39. The number of ether oxygens (including phenoxy) is 2. The Balaban J connectivity index is 1.50. The summed E-state index contributed by atoms with van der Waals surface area (Å²) in [5.74, 6) is 0. The second kappa shape index (κ2) is 5.39. The fraction of sp³-hybridized carbons (Fsp3) is 0.600. The molecule has 1 aromatic rings. The van der Waals surface area contributed by atoms with Crippen LogP contribution < -0.4 is 5.32 Å². The molecule has 2 saturated heterocycles. The Morgan fingerprint density at radius 1 is 1.22 bits per heavy atom. The maximum atomic E-state index is 6.02. The molecule has 3 rings (SSSR count). The van der Waals surface area contributed by atoms with Crippen LogP contribution in [0.4, 0.5) is 0 Å². The Bertz CT molecular complexity index is 373. The topological polar surface area (TPSA) is 30.5 Å². The van der Waals surface area contributed by atoms with Crippen molar-refractivity contribution >= 4 is 0 Å². The van der Waals surface area contributed by atoms with Crippen LogP contribution in [0.3, 0.4) is 0 Å². The molecular formula is C15H21NO2. The number of hydrogen-bond donors (Lipinski definition) is 1. The first-order valence-corrected chi connectivity index (χ1v) is 6.87. The lowest BCUT2D eigenvalue weighted by atomic mass is 9.89. The fourth-order valence-corrected chi connectivity index (χ4v) is 2.93. The first-order valence-electron chi connectivity index (χ1n) is 6.87. The molecule has 1 aromatic carbocycles. The molecule has 0 saturated carbocycles. The molecule has 2 fully saturated rings. The Morgan fingerprint density at radius 2 is 2.00 bits per heavy atom. The molecule has 18 heavy (non-hydrogen) atoms. The van der Waals surface area contributed by atoms with Crippen LogP contribution in [0.5, 0.6) is 0 Å². The molecule has 2 aliphatic rings. The zero-order valence-electron chi connectivity index (χ0n) is 10.7. The van der Waals surface area contributed by atoms with Crippen LogP contribution in [0.15, 0.2) is 30.3 Å². The van der Waals surface area contributed by atoms with E-state index < -0.39 is 0 Å². The minimum atomic E-state index is 0.104. The van der Waals surface area contributed by atoms with Gasteiger partial charge in [-0.3, -0.25) is 0 Å². The molecule has 2 aliphatic heterocycles. The summed E-state index contributed by atoms with van der Waals surface area (Å²) in [7, 11) is 0. The van der Waals surface area contributed by atoms with Crippen molar-refractivity contribution in [3.63, 3.8) is 0 Å². The van der Waals surface area contributed by atoms with Crippen LogP contribution in [0.2, 0.25) is 0 Å². The van der Waals surface area contributed by atoms with Gasteiger partial charge in [-0.2, -0.15) is 0 Å². The lowest BCUT2D eigenvalue weighted by molar-refractivity contribution is -0.0240. The highest BCUT2D eigenvalue weighted by Gasteiger charge is 2.41. The van der Waals surface area contributed by atoms with E-state index in [0.717, 1.165) is 39.0 Å². The molecular weight excluding hydrogens is 226 g/mol. The van der Waals surface area contributed by atoms with Crippen LogP contribution in [-0.2, 0) is 16.1 Å². The number of benzene rings is 1. The number of hydrogen-bond acceptors (Lipinski definition) is 3. The third kappa shape index (κ3) is 2.74. The van der Waals surface area contributed by atoms with Gasteiger partial charge in [0.25, 0.3) is 0 Å². The third-order valence-electron chi connectivity index (χ3n) is 4.02.